The molecule has 5 nitrogen and oxygen atoms in total. The summed E-state index contributed by atoms with van der Waals surface area (Å²) in [7, 11) is 0. The highest BCUT2D eigenvalue weighted by Crippen LogP contribution is 2.24. The predicted molar refractivity (Wildman–Crippen MR) is 79.0 cm³/mol. The van der Waals surface area contributed by atoms with Crippen LogP contribution in [0.2, 0.25) is 0 Å². The van der Waals surface area contributed by atoms with Gasteiger partial charge in [-0.05, 0) is 43.5 Å². The molecule has 5 heteroatoms. The molecule has 0 radical (unpaired) electrons. The maximum atomic E-state index is 11.9. The van der Waals surface area contributed by atoms with E-state index in [0.717, 1.165) is 35.3 Å². The summed E-state index contributed by atoms with van der Waals surface area (Å²) < 4.78 is 1.85. The van der Waals surface area contributed by atoms with E-state index in [1.165, 1.54) is 0 Å². The smallest absolute Gasteiger partial charge is 0.224 e. The van der Waals surface area contributed by atoms with E-state index in [0.29, 0.717) is 6.42 Å². The third-order valence-corrected chi connectivity index (χ3v) is 3.26. The summed E-state index contributed by atoms with van der Waals surface area (Å²) in [6.45, 7) is 6.07. The van der Waals surface area contributed by atoms with Gasteiger partial charge in [0.2, 0.25) is 5.91 Å². The number of nitrogens with one attached hydrogen (secondary N) is 1. The lowest BCUT2D eigenvalue weighted by atomic mass is 10.1. The maximum Gasteiger partial charge on any atom is 0.224 e. The summed E-state index contributed by atoms with van der Waals surface area (Å²) in [6, 6.07) is 4.04. The van der Waals surface area contributed by atoms with E-state index < -0.39 is 0 Å². The van der Waals surface area contributed by atoms with Crippen molar-refractivity contribution in [1.82, 2.24) is 14.8 Å². The summed E-state index contributed by atoms with van der Waals surface area (Å²) >= 11 is 0. The number of unbranched alkanes of at least 4 members (excludes halogenated alkanes) is 1. The fourth-order valence-electron chi connectivity index (χ4n) is 2.16. The molecule has 1 heterocycles. The van der Waals surface area contributed by atoms with Crippen molar-refractivity contribution in [2.45, 2.75) is 40.0 Å². The van der Waals surface area contributed by atoms with Crippen molar-refractivity contribution in [2.75, 3.05) is 5.32 Å². The average Bonchev–Trinajstić information content (AvgIpc) is 2.94. The number of nitrogens with zero attached hydrogens (tertiary/aromatic N) is 3. The fourth-order valence-corrected chi connectivity index (χ4v) is 2.16. The van der Waals surface area contributed by atoms with Gasteiger partial charge in [0.15, 0.2) is 0 Å². The minimum atomic E-state index is 0.0788. The molecule has 0 atom stereocenters. The number of carbonyl (C=O) groups excluding carboxylic acids is 1. The van der Waals surface area contributed by atoms with Gasteiger partial charge in [-0.2, -0.15) is 0 Å². The van der Waals surface area contributed by atoms with Crippen molar-refractivity contribution in [3.05, 3.63) is 35.9 Å². The number of carbonyl (C=O) groups is 1. The van der Waals surface area contributed by atoms with Crippen LogP contribution in [0.4, 0.5) is 5.69 Å². The third kappa shape index (κ3) is 3.23. The molecule has 0 unspecified atom stereocenters. The minimum absolute atomic E-state index is 0.0788. The molecular formula is C15H20N4O. The minimum Gasteiger partial charge on any atom is -0.326 e. The lowest BCUT2D eigenvalue weighted by Gasteiger charge is -2.14. The molecule has 0 saturated carbocycles. The molecule has 0 fully saturated rings. The molecule has 0 saturated heterocycles. The second-order valence-electron chi connectivity index (χ2n) is 4.98. The molecule has 0 aliphatic heterocycles. The van der Waals surface area contributed by atoms with Crippen molar-refractivity contribution >= 4 is 11.6 Å². The number of hydrogen-bond acceptors (Lipinski definition) is 3. The molecular weight excluding hydrogens is 252 g/mol. The van der Waals surface area contributed by atoms with Gasteiger partial charge < -0.3 is 5.32 Å². The van der Waals surface area contributed by atoms with E-state index in [-0.39, 0.29) is 5.91 Å². The van der Waals surface area contributed by atoms with Crippen molar-refractivity contribution in [2.24, 2.45) is 0 Å². The first-order valence-corrected chi connectivity index (χ1v) is 6.88. The monoisotopic (exact) mass is 272 g/mol. The Morgan fingerprint density at radius 1 is 1.20 bits per heavy atom. The molecule has 0 spiro atoms. The molecule has 1 aromatic carbocycles. The highest BCUT2D eigenvalue weighted by Gasteiger charge is 2.09. The Kier molecular flexibility index (Phi) is 4.50. The first-order chi connectivity index (χ1) is 9.61. The fraction of sp³-hybridized carbons (Fsp3) is 0.400. The summed E-state index contributed by atoms with van der Waals surface area (Å²) in [4.78, 5) is 11.9. The van der Waals surface area contributed by atoms with Gasteiger partial charge in [0.05, 0.1) is 0 Å². The van der Waals surface area contributed by atoms with E-state index in [9.17, 15) is 4.79 Å². The van der Waals surface area contributed by atoms with Gasteiger partial charge in [-0.15, -0.1) is 10.2 Å². The zero-order valence-electron chi connectivity index (χ0n) is 12.2. The molecule has 106 valence electrons. The molecule has 2 aromatic rings. The van der Waals surface area contributed by atoms with Gasteiger partial charge in [-0.25, -0.2) is 0 Å². The summed E-state index contributed by atoms with van der Waals surface area (Å²) in [5.74, 6) is 0.0788. The predicted octanol–water partition coefficient (Wildman–Crippen LogP) is 3.01. The molecule has 2 rings (SSSR count). The van der Waals surface area contributed by atoms with E-state index in [4.69, 9.17) is 0 Å². The van der Waals surface area contributed by atoms with Crippen LogP contribution in [0, 0.1) is 13.8 Å². The van der Waals surface area contributed by atoms with Gasteiger partial charge >= 0.3 is 0 Å². The maximum absolute atomic E-state index is 11.9. The Morgan fingerprint density at radius 3 is 2.35 bits per heavy atom. The van der Waals surface area contributed by atoms with Crippen LogP contribution in [0.1, 0.15) is 37.3 Å². The molecule has 0 bridgehead atoms. The highest BCUT2D eigenvalue weighted by atomic mass is 16.1. The van der Waals surface area contributed by atoms with Gasteiger partial charge in [0.25, 0.3) is 0 Å². The van der Waals surface area contributed by atoms with Crippen molar-refractivity contribution in [3.8, 4) is 5.69 Å². The average molecular weight is 272 g/mol. The molecule has 20 heavy (non-hydrogen) atoms. The van der Waals surface area contributed by atoms with Crippen LogP contribution >= 0.6 is 0 Å². The van der Waals surface area contributed by atoms with E-state index in [2.05, 4.69) is 22.4 Å². The first-order valence-electron chi connectivity index (χ1n) is 6.88. The second-order valence-corrected chi connectivity index (χ2v) is 4.98. The molecule has 1 N–H and O–H groups in total. The quantitative estimate of drug-likeness (QED) is 0.910. The first kappa shape index (κ1) is 14.2. The number of aromatic nitrogens is 3. The molecule has 0 aliphatic rings. The lowest BCUT2D eigenvalue weighted by Crippen LogP contribution is -2.13. The van der Waals surface area contributed by atoms with E-state index in [1.54, 1.807) is 12.7 Å². The van der Waals surface area contributed by atoms with Crippen molar-refractivity contribution < 1.29 is 4.79 Å². The Hall–Kier alpha value is -2.17. The van der Waals surface area contributed by atoms with Crippen LogP contribution in [0.5, 0.6) is 0 Å². The van der Waals surface area contributed by atoms with Gasteiger partial charge in [0, 0.05) is 17.8 Å². The number of benzene rings is 1. The lowest BCUT2D eigenvalue weighted by molar-refractivity contribution is -0.116. The van der Waals surface area contributed by atoms with Crippen LogP contribution in [-0.4, -0.2) is 20.7 Å². The molecule has 1 amide bonds. The van der Waals surface area contributed by atoms with E-state index in [1.807, 2.05) is 30.5 Å². The normalized spacial score (nSPS) is 10.6. The van der Waals surface area contributed by atoms with Crippen LogP contribution in [0.3, 0.4) is 0 Å². The Morgan fingerprint density at radius 2 is 1.80 bits per heavy atom. The SMILES string of the molecule is CCCCC(=O)Nc1c(C)cc(-n2cnnc2)cc1C. The molecule has 0 aliphatic carbocycles. The highest BCUT2D eigenvalue weighted by molar-refractivity contribution is 5.92. The summed E-state index contributed by atoms with van der Waals surface area (Å²) in [5, 5.41) is 10.6. The van der Waals surface area contributed by atoms with E-state index >= 15 is 0 Å². The zero-order chi connectivity index (χ0) is 14.5. The number of rotatable bonds is 5. The molecule has 1 aromatic heterocycles. The van der Waals surface area contributed by atoms with Crippen LogP contribution < -0.4 is 5.32 Å². The topological polar surface area (TPSA) is 59.8 Å². The number of aryl methyl sites for hydroxylation is 2. The number of amides is 1. The standard InChI is InChI=1S/C15H20N4O/c1-4-5-6-14(20)18-15-11(2)7-13(8-12(15)3)19-9-16-17-10-19/h7-10H,4-6H2,1-3H3,(H,18,20). The number of anilines is 1. The number of hydrogen-bond donors (Lipinski definition) is 1. The van der Waals surface area contributed by atoms with Gasteiger partial charge in [0.1, 0.15) is 12.7 Å². The van der Waals surface area contributed by atoms with Crippen LogP contribution in [0.15, 0.2) is 24.8 Å². The Balaban J connectivity index is 2.21. The largest absolute Gasteiger partial charge is 0.326 e. The van der Waals surface area contributed by atoms with Gasteiger partial charge in [-0.3, -0.25) is 9.36 Å². The van der Waals surface area contributed by atoms with Crippen LogP contribution in [0.25, 0.3) is 5.69 Å². The second kappa shape index (κ2) is 6.32. The van der Waals surface area contributed by atoms with Crippen LogP contribution in [-0.2, 0) is 4.79 Å². The summed E-state index contributed by atoms with van der Waals surface area (Å²) in [6.07, 6.45) is 5.84. The Labute approximate surface area is 119 Å². The third-order valence-electron chi connectivity index (χ3n) is 3.26. The van der Waals surface area contributed by atoms with Gasteiger partial charge in [-0.1, -0.05) is 13.3 Å². The summed E-state index contributed by atoms with van der Waals surface area (Å²) in [5.41, 5.74) is 3.98. The van der Waals surface area contributed by atoms with Crippen molar-refractivity contribution in [3.63, 3.8) is 0 Å². The zero-order valence-corrected chi connectivity index (χ0v) is 12.2. The van der Waals surface area contributed by atoms with Crippen molar-refractivity contribution in [1.29, 1.82) is 0 Å². The Bertz CT molecular complexity index is 567.